The van der Waals surface area contributed by atoms with E-state index in [4.69, 9.17) is 11.5 Å². The molecule has 3 rings (SSSR count). The standard InChI is InChI=1S/C18H16N4S/c1-11(19)15-5-3-13(9-21-15)17-7-8-18(23-17)14-4-6-16(12(2)20)22-10-14/h3-10H,1-2,19-20H2. The van der Waals surface area contributed by atoms with E-state index in [0.717, 1.165) is 20.9 Å². The number of hydrogen-bond donors (Lipinski definition) is 2. The van der Waals surface area contributed by atoms with E-state index < -0.39 is 0 Å². The summed E-state index contributed by atoms with van der Waals surface area (Å²) in [6, 6.07) is 11.9. The Morgan fingerprint density at radius 3 is 1.48 bits per heavy atom. The van der Waals surface area contributed by atoms with E-state index in [1.807, 2.05) is 36.7 Å². The van der Waals surface area contributed by atoms with Crippen LogP contribution in [0.5, 0.6) is 0 Å². The van der Waals surface area contributed by atoms with E-state index >= 15 is 0 Å². The van der Waals surface area contributed by atoms with E-state index in [9.17, 15) is 0 Å². The first-order valence-electron chi connectivity index (χ1n) is 6.97. The molecule has 4 N–H and O–H groups in total. The molecular formula is C18H16N4S. The van der Waals surface area contributed by atoms with E-state index in [0.29, 0.717) is 22.8 Å². The van der Waals surface area contributed by atoms with Gasteiger partial charge in [-0.2, -0.15) is 0 Å². The Bertz CT molecular complexity index is 789. The highest BCUT2D eigenvalue weighted by Crippen LogP contribution is 2.34. The monoisotopic (exact) mass is 320 g/mol. The lowest BCUT2D eigenvalue weighted by Gasteiger charge is -2.02. The summed E-state index contributed by atoms with van der Waals surface area (Å²) in [5.74, 6) is 0. The second-order valence-corrected chi connectivity index (χ2v) is 6.16. The van der Waals surface area contributed by atoms with Crippen LogP contribution < -0.4 is 11.5 Å². The number of nitrogens with zero attached hydrogens (tertiary/aromatic N) is 2. The topological polar surface area (TPSA) is 77.8 Å². The molecule has 0 atom stereocenters. The first-order chi connectivity index (χ1) is 11.0. The fourth-order valence-corrected chi connectivity index (χ4v) is 3.09. The van der Waals surface area contributed by atoms with E-state index in [2.05, 4.69) is 35.3 Å². The molecule has 3 aromatic rings. The van der Waals surface area contributed by atoms with Crippen LogP contribution in [0.2, 0.25) is 0 Å². The van der Waals surface area contributed by atoms with E-state index in [1.54, 1.807) is 11.3 Å². The lowest BCUT2D eigenvalue weighted by Crippen LogP contribution is -1.96. The largest absolute Gasteiger partial charge is 0.397 e. The van der Waals surface area contributed by atoms with Crippen molar-refractivity contribution in [1.82, 2.24) is 9.97 Å². The molecule has 0 aliphatic rings. The second kappa shape index (κ2) is 6.06. The molecule has 0 unspecified atom stereocenters. The molecule has 0 aromatic carbocycles. The Balaban J connectivity index is 1.87. The molecule has 5 heteroatoms. The van der Waals surface area contributed by atoms with Crippen molar-refractivity contribution < 1.29 is 0 Å². The first-order valence-corrected chi connectivity index (χ1v) is 7.78. The van der Waals surface area contributed by atoms with Gasteiger partial charge in [0.05, 0.1) is 22.8 Å². The van der Waals surface area contributed by atoms with Gasteiger partial charge in [-0.25, -0.2) is 0 Å². The smallest absolute Gasteiger partial charge is 0.0853 e. The molecule has 114 valence electrons. The number of hydrogen-bond acceptors (Lipinski definition) is 5. The van der Waals surface area contributed by atoms with Gasteiger partial charge in [-0.05, 0) is 36.4 Å². The number of thiophene rings is 1. The molecule has 0 fully saturated rings. The molecule has 0 bridgehead atoms. The lowest BCUT2D eigenvalue weighted by molar-refractivity contribution is 1.26. The molecule has 4 nitrogen and oxygen atoms in total. The molecule has 0 amide bonds. The zero-order valence-corrected chi connectivity index (χ0v) is 13.3. The van der Waals surface area contributed by atoms with Crippen LogP contribution in [0.3, 0.4) is 0 Å². The summed E-state index contributed by atoms with van der Waals surface area (Å²) in [5, 5.41) is 0. The molecule has 23 heavy (non-hydrogen) atoms. The van der Waals surface area contributed by atoms with Crippen molar-refractivity contribution >= 4 is 22.7 Å². The van der Waals surface area contributed by atoms with Gasteiger partial charge in [-0.3, -0.25) is 9.97 Å². The molecule has 0 saturated carbocycles. The third-order valence-electron chi connectivity index (χ3n) is 3.36. The fraction of sp³-hybridized carbons (Fsp3) is 0. The quantitative estimate of drug-likeness (QED) is 0.768. The molecular weight excluding hydrogens is 304 g/mol. The molecule has 0 spiro atoms. The minimum absolute atomic E-state index is 0.469. The van der Waals surface area contributed by atoms with Gasteiger partial charge >= 0.3 is 0 Å². The lowest BCUT2D eigenvalue weighted by atomic mass is 10.2. The maximum atomic E-state index is 5.64. The Labute approximate surface area is 138 Å². The van der Waals surface area contributed by atoms with Crippen LogP contribution >= 0.6 is 11.3 Å². The summed E-state index contributed by atoms with van der Waals surface area (Å²) in [6.45, 7) is 7.37. The average molecular weight is 320 g/mol. The van der Waals surface area contributed by atoms with Crippen LogP contribution in [0.1, 0.15) is 11.4 Å². The highest BCUT2D eigenvalue weighted by atomic mass is 32.1. The summed E-state index contributed by atoms with van der Waals surface area (Å²) in [7, 11) is 0. The van der Waals surface area contributed by atoms with Gasteiger partial charge in [0.15, 0.2) is 0 Å². The van der Waals surface area contributed by atoms with Gasteiger partial charge in [-0.1, -0.05) is 13.2 Å². The van der Waals surface area contributed by atoms with Crippen LogP contribution in [-0.4, -0.2) is 9.97 Å². The maximum absolute atomic E-state index is 5.64. The fourth-order valence-electron chi connectivity index (χ4n) is 2.11. The highest BCUT2D eigenvalue weighted by molar-refractivity contribution is 7.18. The Morgan fingerprint density at radius 2 is 1.17 bits per heavy atom. The van der Waals surface area contributed by atoms with Gasteiger partial charge in [0.1, 0.15) is 0 Å². The molecule has 0 aliphatic carbocycles. The predicted molar refractivity (Wildman–Crippen MR) is 97.2 cm³/mol. The van der Waals surface area contributed by atoms with Crippen molar-refractivity contribution in [1.29, 1.82) is 0 Å². The van der Waals surface area contributed by atoms with Gasteiger partial charge in [0.25, 0.3) is 0 Å². The minimum atomic E-state index is 0.469. The number of nitrogens with two attached hydrogens (primary N) is 2. The number of aromatic nitrogens is 2. The first kappa shape index (κ1) is 15.0. The average Bonchev–Trinajstić information content (AvgIpc) is 3.05. The predicted octanol–water partition coefficient (Wildman–Crippen LogP) is 3.73. The third-order valence-corrected chi connectivity index (χ3v) is 4.54. The summed E-state index contributed by atoms with van der Waals surface area (Å²) in [4.78, 5) is 10.9. The maximum Gasteiger partial charge on any atom is 0.0853 e. The second-order valence-electron chi connectivity index (χ2n) is 5.08. The summed E-state index contributed by atoms with van der Waals surface area (Å²) < 4.78 is 0. The SMILES string of the molecule is C=C(N)c1ccc(-c2ccc(-c3ccc(C(=C)N)nc3)s2)cn1. The van der Waals surface area contributed by atoms with Gasteiger partial charge in [-0.15, -0.1) is 11.3 Å². The van der Waals surface area contributed by atoms with Crippen LogP contribution in [0.4, 0.5) is 0 Å². The van der Waals surface area contributed by atoms with Crippen LogP contribution in [-0.2, 0) is 0 Å². The number of pyridine rings is 2. The number of rotatable bonds is 4. The molecule has 0 radical (unpaired) electrons. The van der Waals surface area contributed by atoms with E-state index in [-0.39, 0.29) is 0 Å². The third kappa shape index (κ3) is 3.14. The summed E-state index contributed by atoms with van der Waals surface area (Å²) >= 11 is 1.68. The van der Waals surface area contributed by atoms with Crippen molar-refractivity contribution in [3.8, 4) is 20.9 Å². The normalized spacial score (nSPS) is 10.4. The highest BCUT2D eigenvalue weighted by Gasteiger charge is 2.07. The van der Waals surface area contributed by atoms with Crippen molar-refractivity contribution in [2.75, 3.05) is 0 Å². The molecule has 0 saturated heterocycles. The summed E-state index contributed by atoms with van der Waals surface area (Å²) in [6.07, 6.45) is 3.62. The molecule has 3 aromatic heterocycles. The van der Waals surface area contributed by atoms with Crippen molar-refractivity contribution in [2.45, 2.75) is 0 Å². The van der Waals surface area contributed by atoms with Gasteiger partial charge in [0, 0.05) is 33.3 Å². The van der Waals surface area contributed by atoms with Gasteiger partial charge < -0.3 is 11.5 Å². The van der Waals surface area contributed by atoms with Gasteiger partial charge in [0.2, 0.25) is 0 Å². The minimum Gasteiger partial charge on any atom is -0.397 e. The Morgan fingerprint density at radius 1 is 0.739 bits per heavy atom. The van der Waals surface area contributed by atoms with Crippen molar-refractivity contribution in [3.63, 3.8) is 0 Å². The summed E-state index contributed by atoms with van der Waals surface area (Å²) in [5.41, 5.74) is 15.7. The zero-order valence-electron chi connectivity index (χ0n) is 12.5. The Kier molecular flexibility index (Phi) is 3.95. The van der Waals surface area contributed by atoms with Crippen LogP contribution in [0, 0.1) is 0 Å². The molecule has 0 aliphatic heterocycles. The Hall–Kier alpha value is -2.92. The van der Waals surface area contributed by atoms with Crippen molar-refractivity contribution in [2.24, 2.45) is 11.5 Å². The van der Waals surface area contributed by atoms with E-state index in [1.165, 1.54) is 0 Å². The van der Waals surface area contributed by atoms with Crippen molar-refractivity contribution in [3.05, 3.63) is 73.3 Å². The zero-order chi connectivity index (χ0) is 16.4. The molecule has 3 heterocycles. The van der Waals surface area contributed by atoms with Crippen LogP contribution in [0.15, 0.2) is 61.9 Å². The van der Waals surface area contributed by atoms with Crippen LogP contribution in [0.25, 0.3) is 32.3 Å².